The van der Waals surface area contributed by atoms with Crippen molar-refractivity contribution in [3.63, 3.8) is 0 Å². The van der Waals surface area contributed by atoms with Crippen molar-refractivity contribution in [2.75, 3.05) is 19.8 Å². The number of nitrogens with one attached hydrogen (secondary N) is 1. The van der Waals surface area contributed by atoms with Crippen LogP contribution in [0.5, 0.6) is 0 Å². The van der Waals surface area contributed by atoms with Crippen LogP contribution in [0.2, 0.25) is 0 Å². The molecule has 1 atom stereocenters. The molecule has 1 aliphatic rings. The summed E-state index contributed by atoms with van der Waals surface area (Å²) >= 11 is 0. The van der Waals surface area contributed by atoms with E-state index in [4.69, 9.17) is 4.74 Å². The van der Waals surface area contributed by atoms with E-state index in [1.54, 1.807) is 0 Å². The normalized spacial score (nSPS) is 22.4. The summed E-state index contributed by atoms with van der Waals surface area (Å²) in [6.45, 7) is 9.78. The molecule has 0 amide bonds. The van der Waals surface area contributed by atoms with Gasteiger partial charge in [-0.1, -0.05) is 27.2 Å². The molecular weight excluding hydrogens is 162 g/mol. The van der Waals surface area contributed by atoms with Gasteiger partial charge in [0.15, 0.2) is 0 Å². The Morgan fingerprint density at radius 3 is 2.46 bits per heavy atom. The van der Waals surface area contributed by atoms with Crippen LogP contribution in [0, 0.1) is 5.41 Å². The van der Waals surface area contributed by atoms with Gasteiger partial charge in [0.05, 0.1) is 13.2 Å². The molecule has 1 unspecified atom stereocenters. The summed E-state index contributed by atoms with van der Waals surface area (Å²) in [6.07, 6.45) is 3.82. The van der Waals surface area contributed by atoms with Gasteiger partial charge in [-0.25, -0.2) is 0 Å². The highest BCUT2D eigenvalue weighted by Crippen LogP contribution is 2.25. The Morgan fingerprint density at radius 1 is 1.38 bits per heavy atom. The van der Waals surface area contributed by atoms with Crippen molar-refractivity contribution in [2.24, 2.45) is 5.41 Å². The van der Waals surface area contributed by atoms with Crippen LogP contribution in [-0.4, -0.2) is 25.8 Å². The van der Waals surface area contributed by atoms with Crippen LogP contribution in [-0.2, 0) is 4.74 Å². The highest BCUT2D eigenvalue weighted by Gasteiger charge is 2.33. The van der Waals surface area contributed by atoms with Crippen LogP contribution in [0.1, 0.15) is 40.0 Å². The molecule has 1 saturated heterocycles. The molecule has 78 valence electrons. The second kappa shape index (κ2) is 4.97. The van der Waals surface area contributed by atoms with Crippen molar-refractivity contribution >= 4 is 0 Å². The third kappa shape index (κ3) is 3.28. The minimum absolute atomic E-state index is 0.418. The van der Waals surface area contributed by atoms with Gasteiger partial charge in [-0.3, -0.25) is 0 Å². The predicted octanol–water partition coefficient (Wildman–Crippen LogP) is 2.19. The summed E-state index contributed by atoms with van der Waals surface area (Å²) in [5.41, 5.74) is 0.418. The Balaban J connectivity index is 2.15. The third-order valence-corrected chi connectivity index (χ3v) is 2.85. The van der Waals surface area contributed by atoms with E-state index in [1.807, 2.05) is 0 Å². The molecule has 0 saturated carbocycles. The Kier molecular flexibility index (Phi) is 4.20. The summed E-state index contributed by atoms with van der Waals surface area (Å²) in [6, 6.07) is 0.711. The lowest BCUT2D eigenvalue weighted by Gasteiger charge is -2.39. The zero-order valence-corrected chi connectivity index (χ0v) is 9.23. The highest BCUT2D eigenvalue weighted by molar-refractivity contribution is 4.84. The van der Waals surface area contributed by atoms with Crippen molar-refractivity contribution < 1.29 is 4.74 Å². The highest BCUT2D eigenvalue weighted by atomic mass is 16.5. The van der Waals surface area contributed by atoms with Crippen molar-refractivity contribution in [3.8, 4) is 0 Å². The number of hydrogen-bond donors (Lipinski definition) is 1. The molecule has 0 radical (unpaired) electrons. The zero-order chi connectivity index (χ0) is 9.73. The first-order valence-corrected chi connectivity index (χ1v) is 5.51. The second-order valence-corrected chi connectivity index (χ2v) is 4.58. The van der Waals surface area contributed by atoms with Gasteiger partial charge in [-0.05, 0) is 12.8 Å². The maximum Gasteiger partial charge on any atom is 0.0554 e. The SMILES string of the molecule is CCCC(CC)NCC1(C)COC1. The molecule has 0 bridgehead atoms. The maximum absolute atomic E-state index is 5.22. The molecular formula is C11H23NO. The monoisotopic (exact) mass is 185 g/mol. The van der Waals surface area contributed by atoms with E-state index in [2.05, 4.69) is 26.1 Å². The Bertz CT molecular complexity index is 143. The lowest BCUT2D eigenvalue weighted by atomic mass is 9.88. The van der Waals surface area contributed by atoms with E-state index in [1.165, 1.54) is 19.3 Å². The molecule has 0 aliphatic carbocycles. The molecule has 1 N–H and O–H groups in total. The van der Waals surface area contributed by atoms with Gasteiger partial charge >= 0.3 is 0 Å². The van der Waals surface area contributed by atoms with Gasteiger partial charge in [0.25, 0.3) is 0 Å². The average molecular weight is 185 g/mol. The molecule has 1 aliphatic heterocycles. The van der Waals surface area contributed by atoms with E-state index < -0.39 is 0 Å². The summed E-state index contributed by atoms with van der Waals surface area (Å²) in [5.74, 6) is 0. The molecule has 0 spiro atoms. The molecule has 2 nitrogen and oxygen atoms in total. The minimum Gasteiger partial charge on any atom is -0.380 e. The van der Waals surface area contributed by atoms with E-state index in [0.717, 1.165) is 19.8 Å². The maximum atomic E-state index is 5.22. The van der Waals surface area contributed by atoms with Crippen LogP contribution in [0.4, 0.5) is 0 Å². The first kappa shape index (κ1) is 11.0. The average Bonchev–Trinajstić information content (AvgIpc) is 2.09. The fraction of sp³-hybridized carbons (Fsp3) is 1.00. The lowest BCUT2D eigenvalue weighted by Crippen LogP contribution is -2.49. The van der Waals surface area contributed by atoms with Crippen molar-refractivity contribution in [1.82, 2.24) is 5.32 Å². The van der Waals surface area contributed by atoms with Gasteiger partial charge in [0, 0.05) is 18.0 Å². The predicted molar refractivity (Wildman–Crippen MR) is 55.9 cm³/mol. The smallest absolute Gasteiger partial charge is 0.0554 e. The van der Waals surface area contributed by atoms with E-state index in [9.17, 15) is 0 Å². The fourth-order valence-corrected chi connectivity index (χ4v) is 1.74. The minimum atomic E-state index is 0.418. The molecule has 13 heavy (non-hydrogen) atoms. The van der Waals surface area contributed by atoms with Crippen LogP contribution in [0.3, 0.4) is 0 Å². The molecule has 0 aromatic carbocycles. The lowest BCUT2D eigenvalue weighted by molar-refractivity contribution is -0.100. The first-order valence-electron chi connectivity index (χ1n) is 5.51. The Morgan fingerprint density at radius 2 is 2.08 bits per heavy atom. The number of ether oxygens (including phenoxy) is 1. The van der Waals surface area contributed by atoms with Crippen molar-refractivity contribution in [1.29, 1.82) is 0 Å². The van der Waals surface area contributed by atoms with Gasteiger partial charge in [0.2, 0.25) is 0 Å². The van der Waals surface area contributed by atoms with Crippen LogP contribution in [0.15, 0.2) is 0 Å². The molecule has 2 heteroatoms. The second-order valence-electron chi connectivity index (χ2n) is 4.58. The molecule has 1 heterocycles. The third-order valence-electron chi connectivity index (χ3n) is 2.85. The molecule has 1 rings (SSSR count). The van der Waals surface area contributed by atoms with Crippen LogP contribution in [0.25, 0.3) is 0 Å². The van der Waals surface area contributed by atoms with Crippen LogP contribution >= 0.6 is 0 Å². The Labute approximate surface area is 82.0 Å². The largest absolute Gasteiger partial charge is 0.380 e. The van der Waals surface area contributed by atoms with Crippen molar-refractivity contribution in [2.45, 2.75) is 46.1 Å². The topological polar surface area (TPSA) is 21.3 Å². The van der Waals surface area contributed by atoms with E-state index in [-0.39, 0.29) is 0 Å². The fourth-order valence-electron chi connectivity index (χ4n) is 1.74. The van der Waals surface area contributed by atoms with Gasteiger partial charge in [0.1, 0.15) is 0 Å². The summed E-state index contributed by atoms with van der Waals surface area (Å²) in [5, 5.41) is 3.63. The quantitative estimate of drug-likeness (QED) is 0.685. The van der Waals surface area contributed by atoms with Crippen LogP contribution < -0.4 is 5.32 Å². The first-order chi connectivity index (χ1) is 6.20. The van der Waals surface area contributed by atoms with Gasteiger partial charge in [-0.2, -0.15) is 0 Å². The summed E-state index contributed by atoms with van der Waals surface area (Å²) in [7, 11) is 0. The number of rotatable bonds is 6. The molecule has 0 aromatic rings. The van der Waals surface area contributed by atoms with E-state index >= 15 is 0 Å². The van der Waals surface area contributed by atoms with Gasteiger partial charge < -0.3 is 10.1 Å². The van der Waals surface area contributed by atoms with E-state index in [0.29, 0.717) is 11.5 Å². The number of hydrogen-bond acceptors (Lipinski definition) is 2. The molecule has 1 fully saturated rings. The summed E-state index contributed by atoms with van der Waals surface area (Å²) in [4.78, 5) is 0. The van der Waals surface area contributed by atoms with Crippen molar-refractivity contribution in [3.05, 3.63) is 0 Å². The van der Waals surface area contributed by atoms with Gasteiger partial charge in [-0.15, -0.1) is 0 Å². The zero-order valence-electron chi connectivity index (χ0n) is 9.23. The summed E-state index contributed by atoms with van der Waals surface area (Å²) < 4.78 is 5.22. The standard InChI is InChI=1S/C11H23NO/c1-4-6-10(5-2)12-7-11(3)8-13-9-11/h10,12H,4-9H2,1-3H3. The molecule has 0 aromatic heterocycles. The Hall–Kier alpha value is -0.0800.